The molecule has 1 aromatic carbocycles. The Morgan fingerprint density at radius 3 is 2.58 bits per heavy atom. The van der Waals surface area contributed by atoms with Crippen LogP contribution in [0.1, 0.15) is 35.9 Å². The zero-order chi connectivity index (χ0) is 21.8. The van der Waals surface area contributed by atoms with Crippen molar-refractivity contribution < 1.29 is 27.4 Å². The Morgan fingerprint density at radius 2 is 1.84 bits per heavy atom. The van der Waals surface area contributed by atoms with Crippen molar-refractivity contribution in [1.82, 2.24) is 19.5 Å². The molecule has 5 rings (SSSR count). The first-order chi connectivity index (χ1) is 14.8. The number of carbonyl (C=O) groups is 1. The maximum Gasteiger partial charge on any atom is 0.433 e. The molecule has 1 amide bonds. The van der Waals surface area contributed by atoms with Gasteiger partial charge in [-0.2, -0.15) is 18.3 Å². The van der Waals surface area contributed by atoms with Crippen LogP contribution < -0.4 is 9.47 Å². The predicted octanol–water partition coefficient (Wildman–Crippen LogP) is 4.02. The highest BCUT2D eigenvalue weighted by Crippen LogP contribution is 2.37. The number of hydrogen-bond acceptors (Lipinski definition) is 5. The lowest BCUT2D eigenvalue weighted by Gasteiger charge is -2.29. The quantitative estimate of drug-likeness (QED) is 0.612. The molecule has 7 nitrogen and oxygen atoms in total. The minimum atomic E-state index is -4.68. The minimum absolute atomic E-state index is 0.0452. The van der Waals surface area contributed by atoms with E-state index < -0.39 is 11.9 Å². The summed E-state index contributed by atoms with van der Waals surface area (Å²) in [6.07, 6.45) is -2.96. The number of likely N-dealkylation sites (tertiary alicyclic amines) is 1. The molecule has 0 aliphatic carbocycles. The molecular weight excluding hydrogens is 413 g/mol. The molecule has 1 saturated heterocycles. The monoisotopic (exact) mass is 432 g/mol. The van der Waals surface area contributed by atoms with Crippen molar-refractivity contribution in [2.45, 2.75) is 25.9 Å². The third-order valence-electron chi connectivity index (χ3n) is 5.68. The first-order valence-electron chi connectivity index (χ1n) is 9.97. The van der Waals surface area contributed by atoms with Gasteiger partial charge in [-0.15, -0.1) is 0 Å². The first kappa shape index (κ1) is 19.7. The fourth-order valence-electron chi connectivity index (χ4n) is 3.86. The number of halogens is 3. The Hall–Kier alpha value is -3.30. The number of ether oxygens (including phenoxy) is 2. The largest absolute Gasteiger partial charge is 0.454 e. The molecule has 0 radical (unpaired) electrons. The molecule has 0 N–H and O–H groups in total. The Labute approximate surface area is 175 Å². The second-order valence-electron chi connectivity index (χ2n) is 7.87. The van der Waals surface area contributed by atoms with E-state index in [1.165, 1.54) is 6.07 Å². The predicted molar refractivity (Wildman–Crippen MR) is 104 cm³/mol. The van der Waals surface area contributed by atoms with Crippen molar-refractivity contribution in [2.75, 3.05) is 19.9 Å². The number of aromatic nitrogens is 3. The lowest BCUT2D eigenvalue weighted by Crippen LogP contribution is -2.38. The van der Waals surface area contributed by atoms with E-state index in [1.807, 2.05) is 0 Å². The number of rotatable bonds is 2. The summed E-state index contributed by atoms with van der Waals surface area (Å²) in [4.78, 5) is 18.8. The van der Waals surface area contributed by atoms with Gasteiger partial charge in [0.25, 0.3) is 5.91 Å². The van der Waals surface area contributed by atoms with E-state index in [9.17, 15) is 18.0 Å². The van der Waals surface area contributed by atoms with Gasteiger partial charge >= 0.3 is 6.18 Å². The smallest absolute Gasteiger partial charge is 0.433 e. The van der Waals surface area contributed by atoms with Crippen LogP contribution in [-0.4, -0.2) is 45.3 Å². The number of alkyl halides is 3. The SMILES string of the molecule is CC1CCN(C(=O)c2cc3nc(-c4ccc5c(c4)OCO5)cc(C(F)(F)F)n3n2)CC1. The van der Waals surface area contributed by atoms with Crippen molar-refractivity contribution in [3.8, 4) is 22.8 Å². The maximum absolute atomic E-state index is 13.8. The molecule has 0 spiro atoms. The highest BCUT2D eigenvalue weighted by molar-refractivity contribution is 5.93. The third-order valence-corrected chi connectivity index (χ3v) is 5.68. The molecule has 10 heteroatoms. The molecule has 2 aliphatic rings. The van der Waals surface area contributed by atoms with E-state index in [1.54, 1.807) is 23.1 Å². The van der Waals surface area contributed by atoms with Crippen LogP contribution in [0.5, 0.6) is 11.5 Å². The van der Waals surface area contributed by atoms with Crippen molar-refractivity contribution in [3.05, 3.63) is 41.7 Å². The average molecular weight is 432 g/mol. The number of hydrogen-bond donors (Lipinski definition) is 0. The summed E-state index contributed by atoms with van der Waals surface area (Å²) >= 11 is 0. The molecule has 1 fully saturated rings. The summed E-state index contributed by atoms with van der Waals surface area (Å²) in [5.41, 5.74) is -0.553. The first-order valence-corrected chi connectivity index (χ1v) is 9.97. The van der Waals surface area contributed by atoms with Gasteiger partial charge in [-0.1, -0.05) is 6.92 Å². The normalized spacial score (nSPS) is 16.8. The number of benzene rings is 1. The molecule has 3 aromatic rings. The van der Waals surface area contributed by atoms with Crippen LogP contribution >= 0.6 is 0 Å². The summed E-state index contributed by atoms with van der Waals surface area (Å²) in [6, 6.07) is 7.06. The van der Waals surface area contributed by atoms with E-state index in [-0.39, 0.29) is 29.7 Å². The molecule has 0 unspecified atom stereocenters. The maximum atomic E-state index is 13.8. The van der Waals surface area contributed by atoms with Crippen LogP contribution in [0.25, 0.3) is 16.9 Å². The van der Waals surface area contributed by atoms with Crippen LogP contribution in [0.15, 0.2) is 30.3 Å². The van der Waals surface area contributed by atoms with Gasteiger partial charge in [0, 0.05) is 24.7 Å². The lowest BCUT2D eigenvalue weighted by molar-refractivity contribution is -0.142. The highest BCUT2D eigenvalue weighted by Gasteiger charge is 2.36. The molecule has 0 atom stereocenters. The van der Waals surface area contributed by atoms with Crippen LogP contribution in [-0.2, 0) is 6.18 Å². The molecule has 31 heavy (non-hydrogen) atoms. The van der Waals surface area contributed by atoms with Gasteiger partial charge in [-0.25, -0.2) is 9.50 Å². The Kier molecular flexibility index (Phi) is 4.53. The highest BCUT2D eigenvalue weighted by atomic mass is 19.4. The number of carbonyl (C=O) groups excluding carboxylic acids is 1. The number of piperidine rings is 1. The second kappa shape index (κ2) is 7.14. The molecule has 0 saturated carbocycles. The summed E-state index contributed by atoms with van der Waals surface area (Å²) in [5, 5.41) is 3.96. The summed E-state index contributed by atoms with van der Waals surface area (Å²) in [6.45, 7) is 3.30. The van der Waals surface area contributed by atoms with Gasteiger partial charge in [0.15, 0.2) is 28.5 Å². The number of fused-ring (bicyclic) bond motifs is 2. The molecular formula is C21H19F3N4O3. The molecule has 162 valence electrons. The van der Waals surface area contributed by atoms with Gasteiger partial charge in [0.1, 0.15) is 0 Å². The van der Waals surface area contributed by atoms with Gasteiger partial charge in [-0.3, -0.25) is 4.79 Å². The van der Waals surface area contributed by atoms with Crippen LogP contribution in [0, 0.1) is 5.92 Å². The fraction of sp³-hybridized carbons (Fsp3) is 0.381. The van der Waals surface area contributed by atoms with E-state index >= 15 is 0 Å². The van der Waals surface area contributed by atoms with Crippen molar-refractivity contribution in [3.63, 3.8) is 0 Å². The van der Waals surface area contributed by atoms with Crippen molar-refractivity contribution in [1.29, 1.82) is 0 Å². The number of nitrogens with zero attached hydrogens (tertiary/aromatic N) is 4. The Morgan fingerprint density at radius 1 is 1.10 bits per heavy atom. The summed E-state index contributed by atoms with van der Waals surface area (Å²) in [5.74, 6) is 1.11. The molecule has 2 aliphatic heterocycles. The van der Waals surface area contributed by atoms with Crippen LogP contribution in [0.2, 0.25) is 0 Å². The Balaban J connectivity index is 1.57. The van der Waals surface area contributed by atoms with Crippen LogP contribution in [0.3, 0.4) is 0 Å². The minimum Gasteiger partial charge on any atom is -0.454 e. The van der Waals surface area contributed by atoms with E-state index in [2.05, 4.69) is 17.0 Å². The van der Waals surface area contributed by atoms with Crippen molar-refractivity contribution >= 4 is 11.6 Å². The standard InChI is InChI=1S/C21H19F3N4O3/c1-12-4-6-27(7-5-12)20(29)15-10-19-25-14(9-18(21(22,23)24)28(19)26-15)13-2-3-16-17(8-13)31-11-30-16/h2-3,8-10,12H,4-7,11H2,1H3. The molecule has 4 heterocycles. The zero-order valence-electron chi connectivity index (χ0n) is 16.6. The average Bonchev–Trinajstić information content (AvgIpc) is 3.38. The second-order valence-corrected chi connectivity index (χ2v) is 7.87. The van der Waals surface area contributed by atoms with E-state index in [0.29, 0.717) is 40.6 Å². The third kappa shape index (κ3) is 3.55. The molecule has 0 bridgehead atoms. The summed E-state index contributed by atoms with van der Waals surface area (Å²) < 4.78 is 52.7. The van der Waals surface area contributed by atoms with E-state index in [4.69, 9.17) is 9.47 Å². The van der Waals surface area contributed by atoms with E-state index in [0.717, 1.165) is 18.9 Å². The van der Waals surface area contributed by atoms with Gasteiger partial charge in [-0.05, 0) is 43.0 Å². The molecule has 2 aromatic heterocycles. The van der Waals surface area contributed by atoms with Crippen molar-refractivity contribution in [2.24, 2.45) is 5.92 Å². The van der Waals surface area contributed by atoms with Gasteiger partial charge in [0.05, 0.1) is 5.69 Å². The zero-order valence-corrected chi connectivity index (χ0v) is 16.6. The van der Waals surface area contributed by atoms with Gasteiger partial charge < -0.3 is 14.4 Å². The van der Waals surface area contributed by atoms with Crippen LogP contribution in [0.4, 0.5) is 13.2 Å². The fourth-order valence-corrected chi connectivity index (χ4v) is 3.86. The number of amides is 1. The van der Waals surface area contributed by atoms with Gasteiger partial charge in [0.2, 0.25) is 6.79 Å². The topological polar surface area (TPSA) is 69.0 Å². The lowest BCUT2D eigenvalue weighted by atomic mass is 9.99. The Bertz CT molecular complexity index is 1170. The summed E-state index contributed by atoms with van der Waals surface area (Å²) in [7, 11) is 0.